The summed E-state index contributed by atoms with van der Waals surface area (Å²) in [5.74, 6) is -1.29. The van der Waals surface area contributed by atoms with Gasteiger partial charge in [0.25, 0.3) is 0 Å². The van der Waals surface area contributed by atoms with Gasteiger partial charge in [0, 0.05) is 6.42 Å². The average molecular weight is 263 g/mol. The first kappa shape index (κ1) is 14.4. The molecule has 0 atom stereocenters. The van der Waals surface area contributed by atoms with E-state index >= 15 is 0 Å². The molecule has 0 spiro atoms. The highest BCUT2D eigenvalue weighted by atomic mass is 19.4. The molecule has 1 aromatic carbocycles. The third-order valence-electron chi connectivity index (χ3n) is 2.19. The number of nitrogens with zero attached hydrogens (tertiary/aromatic N) is 1. The third-order valence-corrected chi connectivity index (χ3v) is 2.19. The topological polar surface area (TPSA) is 23.8 Å². The Morgan fingerprint density at radius 1 is 1.17 bits per heavy atom. The SMILES string of the molecule is CC(C)(F)Cc1cc(F)c(C#N)c(C(F)(F)F)c1. The fourth-order valence-corrected chi connectivity index (χ4v) is 1.59. The van der Waals surface area contributed by atoms with Crippen molar-refractivity contribution < 1.29 is 22.0 Å². The summed E-state index contributed by atoms with van der Waals surface area (Å²) >= 11 is 0. The molecule has 98 valence electrons. The van der Waals surface area contributed by atoms with E-state index in [1.54, 1.807) is 0 Å². The quantitative estimate of drug-likeness (QED) is 0.740. The van der Waals surface area contributed by atoms with Crippen LogP contribution in [0.1, 0.15) is 30.5 Å². The first-order chi connectivity index (χ1) is 8.04. The van der Waals surface area contributed by atoms with Crippen LogP contribution < -0.4 is 0 Å². The highest BCUT2D eigenvalue weighted by Gasteiger charge is 2.36. The molecule has 0 N–H and O–H groups in total. The lowest BCUT2D eigenvalue weighted by atomic mass is 9.96. The molecule has 0 heterocycles. The van der Waals surface area contributed by atoms with Crippen molar-refractivity contribution in [1.29, 1.82) is 5.26 Å². The molecule has 0 saturated heterocycles. The monoisotopic (exact) mass is 263 g/mol. The summed E-state index contributed by atoms with van der Waals surface area (Å²) in [7, 11) is 0. The predicted octanol–water partition coefficient (Wildman–Crippen LogP) is 4.01. The fourth-order valence-electron chi connectivity index (χ4n) is 1.59. The van der Waals surface area contributed by atoms with Crippen molar-refractivity contribution in [2.24, 2.45) is 0 Å². The van der Waals surface area contributed by atoms with Crippen molar-refractivity contribution in [2.75, 3.05) is 0 Å². The van der Waals surface area contributed by atoms with Crippen LogP contribution in [0.4, 0.5) is 22.0 Å². The van der Waals surface area contributed by atoms with Crippen LogP contribution in [0, 0.1) is 17.1 Å². The first-order valence-electron chi connectivity index (χ1n) is 5.03. The number of rotatable bonds is 2. The van der Waals surface area contributed by atoms with E-state index in [0.29, 0.717) is 6.07 Å². The fraction of sp³-hybridized carbons (Fsp3) is 0.417. The molecule has 6 heteroatoms. The second-order valence-corrected chi connectivity index (χ2v) is 4.51. The largest absolute Gasteiger partial charge is 0.417 e. The number of benzene rings is 1. The van der Waals surface area contributed by atoms with Gasteiger partial charge < -0.3 is 0 Å². The van der Waals surface area contributed by atoms with E-state index in [9.17, 15) is 22.0 Å². The maximum absolute atomic E-state index is 13.4. The van der Waals surface area contributed by atoms with E-state index in [-0.39, 0.29) is 12.0 Å². The molecule has 1 rings (SSSR count). The Hall–Kier alpha value is -1.64. The Balaban J connectivity index is 3.37. The zero-order chi connectivity index (χ0) is 14.1. The number of alkyl halides is 4. The molecule has 0 aromatic heterocycles. The maximum atomic E-state index is 13.4. The van der Waals surface area contributed by atoms with E-state index in [4.69, 9.17) is 5.26 Å². The smallest absolute Gasteiger partial charge is 0.244 e. The molecule has 0 radical (unpaired) electrons. The van der Waals surface area contributed by atoms with Crippen LogP contribution in [-0.2, 0) is 12.6 Å². The minimum Gasteiger partial charge on any atom is -0.244 e. The second kappa shape index (κ2) is 4.56. The molecule has 1 nitrogen and oxygen atoms in total. The van der Waals surface area contributed by atoms with Crippen molar-refractivity contribution >= 4 is 0 Å². The van der Waals surface area contributed by atoms with Crippen molar-refractivity contribution in [3.8, 4) is 6.07 Å². The van der Waals surface area contributed by atoms with Crippen LogP contribution in [-0.4, -0.2) is 5.67 Å². The lowest BCUT2D eigenvalue weighted by Crippen LogP contribution is -2.17. The minimum absolute atomic E-state index is 0.133. The van der Waals surface area contributed by atoms with Crippen LogP contribution in [0.5, 0.6) is 0 Å². The van der Waals surface area contributed by atoms with E-state index < -0.39 is 28.8 Å². The van der Waals surface area contributed by atoms with Crippen molar-refractivity contribution in [3.05, 3.63) is 34.6 Å². The van der Waals surface area contributed by atoms with Gasteiger partial charge in [-0.25, -0.2) is 8.78 Å². The molecule has 0 saturated carbocycles. The normalized spacial score (nSPS) is 12.3. The number of hydrogen-bond donors (Lipinski definition) is 0. The molecular formula is C12H10F5N. The Kier molecular flexibility index (Phi) is 3.65. The van der Waals surface area contributed by atoms with Gasteiger partial charge in [0.1, 0.15) is 17.6 Å². The Morgan fingerprint density at radius 3 is 2.11 bits per heavy atom. The van der Waals surface area contributed by atoms with Gasteiger partial charge in [-0.1, -0.05) is 0 Å². The second-order valence-electron chi connectivity index (χ2n) is 4.51. The number of hydrogen-bond acceptors (Lipinski definition) is 1. The lowest BCUT2D eigenvalue weighted by Gasteiger charge is -2.16. The lowest BCUT2D eigenvalue weighted by molar-refractivity contribution is -0.138. The van der Waals surface area contributed by atoms with Gasteiger partial charge in [-0.05, 0) is 31.5 Å². The van der Waals surface area contributed by atoms with Gasteiger partial charge in [0.05, 0.1) is 11.1 Å². The minimum atomic E-state index is -4.84. The van der Waals surface area contributed by atoms with Gasteiger partial charge in [-0.2, -0.15) is 18.4 Å². The van der Waals surface area contributed by atoms with E-state index in [2.05, 4.69) is 0 Å². The molecule has 0 bridgehead atoms. The number of halogens is 5. The highest BCUT2D eigenvalue weighted by Crippen LogP contribution is 2.34. The zero-order valence-electron chi connectivity index (χ0n) is 9.70. The van der Waals surface area contributed by atoms with Crippen molar-refractivity contribution in [3.63, 3.8) is 0 Å². The molecular weight excluding hydrogens is 253 g/mol. The predicted molar refractivity (Wildman–Crippen MR) is 55.0 cm³/mol. The Bertz CT molecular complexity index is 491. The van der Waals surface area contributed by atoms with Crippen LogP contribution in [0.15, 0.2) is 12.1 Å². The summed E-state index contributed by atoms with van der Waals surface area (Å²) < 4.78 is 64.6. The average Bonchev–Trinajstić information content (AvgIpc) is 2.12. The standard InChI is InChI=1S/C12H10F5N/c1-11(2,14)5-7-3-9(12(15,16)17)8(6-18)10(13)4-7/h3-4H,5H2,1-2H3. The highest BCUT2D eigenvalue weighted by molar-refractivity contribution is 5.43. The molecule has 0 unspecified atom stereocenters. The molecule has 0 fully saturated rings. The zero-order valence-corrected chi connectivity index (χ0v) is 9.70. The third kappa shape index (κ3) is 3.42. The van der Waals surface area contributed by atoms with Crippen molar-refractivity contribution in [2.45, 2.75) is 32.1 Å². The summed E-state index contributed by atoms with van der Waals surface area (Å²) in [5, 5.41) is 8.52. The molecule has 18 heavy (non-hydrogen) atoms. The van der Waals surface area contributed by atoms with Crippen LogP contribution in [0.3, 0.4) is 0 Å². The summed E-state index contributed by atoms with van der Waals surface area (Å²) in [6.07, 6.45) is -5.21. The summed E-state index contributed by atoms with van der Waals surface area (Å²) in [6.45, 7) is 2.35. The van der Waals surface area contributed by atoms with Gasteiger partial charge in [-0.3, -0.25) is 0 Å². The summed E-state index contributed by atoms with van der Waals surface area (Å²) in [4.78, 5) is 0. The van der Waals surface area contributed by atoms with Crippen LogP contribution in [0.25, 0.3) is 0 Å². The Labute approximate surface area is 101 Å². The van der Waals surface area contributed by atoms with E-state index in [0.717, 1.165) is 6.07 Å². The molecule has 0 aliphatic carbocycles. The molecule has 0 aliphatic heterocycles. The molecule has 1 aromatic rings. The van der Waals surface area contributed by atoms with Crippen LogP contribution in [0.2, 0.25) is 0 Å². The van der Waals surface area contributed by atoms with Gasteiger partial charge in [0.15, 0.2) is 0 Å². The summed E-state index contributed by atoms with van der Waals surface area (Å²) in [5.41, 5.74) is -4.33. The maximum Gasteiger partial charge on any atom is 0.417 e. The molecule has 0 aliphatic rings. The Morgan fingerprint density at radius 2 is 1.72 bits per heavy atom. The molecule has 0 amide bonds. The van der Waals surface area contributed by atoms with E-state index in [1.807, 2.05) is 0 Å². The van der Waals surface area contributed by atoms with Gasteiger partial charge in [-0.15, -0.1) is 0 Å². The van der Waals surface area contributed by atoms with E-state index in [1.165, 1.54) is 19.9 Å². The van der Waals surface area contributed by atoms with Gasteiger partial charge >= 0.3 is 6.18 Å². The van der Waals surface area contributed by atoms with Gasteiger partial charge in [0.2, 0.25) is 0 Å². The first-order valence-corrected chi connectivity index (χ1v) is 5.03. The number of nitriles is 1. The van der Waals surface area contributed by atoms with Crippen molar-refractivity contribution in [1.82, 2.24) is 0 Å². The van der Waals surface area contributed by atoms with Crippen LogP contribution >= 0.6 is 0 Å². The summed E-state index contributed by atoms with van der Waals surface area (Å²) in [6, 6.07) is 2.54.